The standard InChI is InChI=1S/C9H12ClO2P/c1-8-2-4-9(5-3-8)13(11)12-7-6-10/h2-5,13H,6-7H2,1H3. The van der Waals surface area contributed by atoms with E-state index in [9.17, 15) is 4.57 Å². The van der Waals surface area contributed by atoms with Crippen LogP contribution in [0.4, 0.5) is 0 Å². The lowest BCUT2D eigenvalue weighted by molar-refractivity contribution is 0.359. The SMILES string of the molecule is Cc1ccc([PH](=O)OCCCl)cc1. The normalized spacial score (nSPS) is 12.8. The van der Waals surface area contributed by atoms with E-state index >= 15 is 0 Å². The average molecular weight is 219 g/mol. The molecule has 1 unspecified atom stereocenters. The highest BCUT2D eigenvalue weighted by Crippen LogP contribution is 2.21. The molecule has 72 valence electrons. The quantitative estimate of drug-likeness (QED) is 0.573. The Morgan fingerprint density at radius 3 is 2.54 bits per heavy atom. The predicted octanol–water partition coefficient (Wildman–Crippen LogP) is 2.35. The fourth-order valence-corrected chi connectivity index (χ4v) is 2.00. The van der Waals surface area contributed by atoms with Crippen LogP contribution in [0.15, 0.2) is 24.3 Å². The molecule has 13 heavy (non-hydrogen) atoms. The molecule has 4 heteroatoms. The second-order valence-electron chi connectivity index (χ2n) is 2.69. The second kappa shape index (κ2) is 5.43. The number of halogens is 1. The first kappa shape index (κ1) is 10.8. The van der Waals surface area contributed by atoms with Gasteiger partial charge in [-0.2, -0.15) is 0 Å². The molecule has 0 saturated carbocycles. The first-order chi connectivity index (χ1) is 6.24. The molecule has 0 saturated heterocycles. The Balaban J connectivity index is 2.61. The molecule has 0 N–H and O–H groups in total. The molecule has 0 aliphatic heterocycles. The van der Waals surface area contributed by atoms with Crippen LogP contribution >= 0.6 is 19.6 Å². The van der Waals surface area contributed by atoms with Crippen LogP contribution in [0, 0.1) is 6.92 Å². The Kier molecular flexibility index (Phi) is 4.51. The van der Waals surface area contributed by atoms with Crippen molar-refractivity contribution in [1.29, 1.82) is 0 Å². The van der Waals surface area contributed by atoms with E-state index < -0.39 is 8.03 Å². The van der Waals surface area contributed by atoms with Gasteiger partial charge in [-0.25, -0.2) is 0 Å². The first-order valence-electron chi connectivity index (χ1n) is 4.04. The van der Waals surface area contributed by atoms with E-state index in [1.54, 1.807) is 0 Å². The zero-order chi connectivity index (χ0) is 9.68. The maximum Gasteiger partial charge on any atom is 0.220 e. The summed E-state index contributed by atoms with van der Waals surface area (Å²) in [5, 5.41) is 0.751. The van der Waals surface area contributed by atoms with Gasteiger partial charge in [0.25, 0.3) is 0 Å². The van der Waals surface area contributed by atoms with Gasteiger partial charge >= 0.3 is 0 Å². The third-order valence-electron chi connectivity index (χ3n) is 1.60. The smallest absolute Gasteiger partial charge is 0.220 e. The van der Waals surface area contributed by atoms with Crippen LogP contribution in [-0.2, 0) is 9.09 Å². The molecule has 0 amide bonds. The average Bonchev–Trinajstić information content (AvgIpc) is 2.15. The molecule has 1 aromatic carbocycles. The van der Waals surface area contributed by atoms with E-state index in [1.165, 1.54) is 0 Å². The third kappa shape index (κ3) is 3.51. The molecule has 0 radical (unpaired) electrons. The highest BCUT2D eigenvalue weighted by Gasteiger charge is 2.01. The maximum absolute atomic E-state index is 11.4. The van der Waals surface area contributed by atoms with Crippen LogP contribution in [0.5, 0.6) is 0 Å². The van der Waals surface area contributed by atoms with Crippen LogP contribution in [0.25, 0.3) is 0 Å². The molecule has 0 bridgehead atoms. The van der Waals surface area contributed by atoms with E-state index in [0.717, 1.165) is 10.9 Å². The van der Waals surface area contributed by atoms with E-state index in [-0.39, 0.29) is 0 Å². The Bertz CT molecular complexity index is 284. The fourth-order valence-electron chi connectivity index (χ4n) is 0.904. The Labute approximate surface area is 83.7 Å². The summed E-state index contributed by atoms with van der Waals surface area (Å²) in [5.74, 6) is 0.377. The minimum Gasteiger partial charge on any atom is -0.326 e. The van der Waals surface area contributed by atoms with Crippen molar-refractivity contribution in [2.24, 2.45) is 0 Å². The second-order valence-corrected chi connectivity index (χ2v) is 4.51. The lowest BCUT2D eigenvalue weighted by Crippen LogP contribution is -1.99. The molecule has 0 aliphatic carbocycles. The molecule has 2 nitrogen and oxygen atoms in total. The van der Waals surface area contributed by atoms with Crippen molar-refractivity contribution < 1.29 is 9.09 Å². The summed E-state index contributed by atoms with van der Waals surface area (Å²) in [4.78, 5) is 0. The summed E-state index contributed by atoms with van der Waals surface area (Å²) in [6.07, 6.45) is 0. The molecule has 1 aromatic rings. The molecule has 0 heterocycles. The van der Waals surface area contributed by atoms with Gasteiger partial charge in [0.1, 0.15) is 0 Å². The number of alkyl halides is 1. The zero-order valence-corrected chi connectivity index (χ0v) is 9.17. The van der Waals surface area contributed by atoms with Crippen molar-refractivity contribution in [3.05, 3.63) is 29.8 Å². The molecular weight excluding hydrogens is 207 g/mol. The summed E-state index contributed by atoms with van der Waals surface area (Å²) in [7, 11) is -2.08. The molecule has 0 spiro atoms. The molecule has 0 aromatic heterocycles. The van der Waals surface area contributed by atoms with Crippen molar-refractivity contribution in [2.75, 3.05) is 12.5 Å². The lowest BCUT2D eigenvalue weighted by atomic mass is 10.2. The Hall–Kier alpha value is -0.300. The monoisotopic (exact) mass is 218 g/mol. The fraction of sp³-hybridized carbons (Fsp3) is 0.333. The third-order valence-corrected chi connectivity index (χ3v) is 3.02. The molecule has 1 rings (SSSR count). The van der Waals surface area contributed by atoms with Crippen molar-refractivity contribution >= 4 is 24.9 Å². The molecule has 1 atom stereocenters. The molecule has 0 fully saturated rings. The van der Waals surface area contributed by atoms with Gasteiger partial charge in [-0.05, 0) is 19.1 Å². The minimum atomic E-state index is -2.08. The summed E-state index contributed by atoms with van der Waals surface area (Å²) < 4.78 is 16.5. The van der Waals surface area contributed by atoms with E-state index in [1.807, 2.05) is 31.2 Å². The van der Waals surface area contributed by atoms with Gasteiger partial charge < -0.3 is 4.52 Å². The van der Waals surface area contributed by atoms with Gasteiger partial charge in [0, 0.05) is 11.2 Å². The van der Waals surface area contributed by atoms with Gasteiger partial charge in [-0.3, -0.25) is 4.57 Å². The van der Waals surface area contributed by atoms with Crippen LogP contribution < -0.4 is 5.30 Å². The van der Waals surface area contributed by atoms with Crippen molar-refractivity contribution in [1.82, 2.24) is 0 Å². The van der Waals surface area contributed by atoms with E-state index in [4.69, 9.17) is 16.1 Å². The highest BCUT2D eigenvalue weighted by molar-refractivity contribution is 7.48. The van der Waals surface area contributed by atoms with Crippen molar-refractivity contribution in [3.63, 3.8) is 0 Å². The van der Waals surface area contributed by atoms with Crippen molar-refractivity contribution in [2.45, 2.75) is 6.92 Å². The Morgan fingerprint density at radius 2 is 2.00 bits per heavy atom. The summed E-state index contributed by atoms with van der Waals surface area (Å²) in [5.41, 5.74) is 1.15. The molecule has 0 aliphatic rings. The minimum absolute atomic E-state index is 0.341. The van der Waals surface area contributed by atoms with Crippen LogP contribution in [0.1, 0.15) is 5.56 Å². The predicted molar refractivity (Wildman–Crippen MR) is 56.5 cm³/mol. The zero-order valence-electron chi connectivity index (χ0n) is 7.42. The number of aryl methyl sites for hydroxylation is 1. The maximum atomic E-state index is 11.4. The van der Waals surface area contributed by atoms with E-state index in [0.29, 0.717) is 12.5 Å². The Morgan fingerprint density at radius 1 is 1.38 bits per heavy atom. The van der Waals surface area contributed by atoms with Crippen LogP contribution in [0.2, 0.25) is 0 Å². The largest absolute Gasteiger partial charge is 0.326 e. The first-order valence-corrected chi connectivity index (χ1v) is 5.89. The van der Waals surface area contributed by atoms with Gasteiger partial charge in [-0.15, -0.1) is 11.6 Å². The number of benzene rings is 1. The number of hydrogen-bond acceptors (Lipinski definition) is 2. The highest BCUT2D eigenvalue weighted by atomic mass is 35.5. The van der Waals surface area contributed by atoms with E-state index in [2.05, 4.69) is 0 Å². The lowest BCUT2D eigenvalue weighted by Gasteiger charge is -2.02. The van der Waals surface area contributed by atoms with Crippen molar-refractivity contribution in [3.8, 4) is 0 Å². The number of rotatable bonds is 4. The summed E-state index contributed by atoms with van der Waals surface area (Å²) in [6, 6.07) is 7.49. The summed E-state index contributed by atoms with van der Waals surface area (Å²) in [6.45, 7) is 2.33. The number of hydrogen-bond donors (Lipinski definition) is 0. The molecular formula is C9H12ClO2P. The topological polar surface area (TPSA) is 26.3 Å². The van der Waals surface area contributed by atoms with Gasteiger partial charge in [0.15, 0.2) is 0 Å². The van der Waals surface area contributed by atoms with Crippen LogP contribution in [0.3, 0.4) is 0 Å². The van der Waals surface area contributed by atoms with Gasteiger partial charge in [-0.1, -0.05) is 17.7 Å². The van der Waals surface area contributed by atoms with Crippen LogP contribution in [-0.4, -0.2) is 12.5 Å². The van der Waals surface area contributed by atoms with Gasteiger partial charge in [0.05, 0.1) is 6.61 Å². The summed E-state index contributed by atoms with van der Waals surface area (Å²) >= 11 is 5.41. The van der Waals surface area contributed by atoms with Gasteiger partial charge in [0.2, 0.25) is 8.03 Å².